The Balaban J connectivity index is 1.42. The number of hydrogen-bond donors (Lipinski definition) is 2. The molecule has 2 amide bonds. The number of carbonyl (C=O) groups is 2. The lowest BCUT2D eigenvalue weighted by Crippen LogP contribution is -2.48. The maximum Gasteiger partial charge on any atom is 0.415 e. The van der Waals surface area contributed by atoms with Gasteiger partial charge in [0.15, 0.2) is 0 Å². The van der Waals surface area contributed by atoms with Gasteiger partial charge in [0, 0.05) is 29.4 Å². The summed E-state index contributed by atoms with van der Waals surface area (Å²) in [5.74, 6) is 0.0131. The summed E-state index contributed by atoms with van der Waals surface area (Å²) < 4.78 is 5.78. The summed E-state index contributed by atoms with van der Waals surface area (Å²) in [5, 5.41) is 20.9. The second-order valence-corrected chi connectivity index (χ2v) is 11.0. The molecule has 2 aromatic carbocycles. The Morgan fingerprint density at radius 1 is 1.03 bits per heavy atom. The summed E-state index contributed by atoms with van der Waals surface area (Å²) in [5.41, 5.74) is 2.92. The lowest BCUT2D eigenvalue weighted by Gasteiger charge is -2.42. The van der Waals surface area contributed by atoms with Gasteiger partial charge in [-0.15, -0.1) is 5.10 Å². The predicted octanol–water partition coefficient (Wildman–Crippen LogP) is 6.07. The largest absolute Gasteiger partial charge is 0.465 e. The fourth-order valence-electron chi connectivity index (χ4n) is 4.96. The fourth-order valence-corrected chi connectivity index (χ4v) is 4.96. The number of rotatable bonds is 8. The van der Waals surface area contributed by atoms with E-state index >= 15 is 0 Å². The molecule has 1 saturated heterocycles. The van der Waals surface area contributed by atoms with E-state index in [9.17, 15) is 14.7 Å². The number of amides is 2. The minimum Gasteiger partial charge on any atom is -0.465 e. The minimum atomic E-state index is -1.12. The summed E-state index contributed by atoms with van der Waals surface area (Å²) >= 11 is 0. The van der Waals surface area contributed by atoms with Crippen molar-refractivity contribution in [2.45, 2.75) is 59.4 Å². The van der Waals surface area contributed by atoms with Crippen LogP contribution in [0, 0.1) is 12.3 Å². The van der Waals surface area contributed by atoms with E-state index in [1.165, 1.54) is 19.3 Å². The molecule has 2 N–H and O–H groups in total. The van der Waals surface area contributed by atoms with Crippen LogP contribution < -0.4 is 10.2 Å². The zero-order valence-electron chi connectivity index (χ0n) is 22.6. The Morgan fingerprint density at radius 2 is 1.68 bits per heavy atom. The van der Waals surface area contributed by atoms with Crippen LogP contribution in [0.2, 0.25) is 0 Å². The average molecular weight is 520 g/mol. The van der Waals surface area contributed by atoms with Crippen LogP contribution >= 0.6 is 0 Å². The number of carboxylic acid groups (broad SMARTS) is 1. The number of likely N-dealkylation sites (tertiary alicyclic amines) is 1. The maximum absolute atomic E-state index is 12.5. The van der Waals surface area contributed by atoms with Gasteiger partial charge in [-0.3, -0.25) is 9.69 Å². The molecule has 3 aromatic rings. The summed E-state index contributed by atoms with van der Waals surface area (Å²) in [7, 11) is 0. The Kier molecular flexibility index (Phi) is 8.46. The molecule has 0 spiro atoms. The summed E-state index contributed by atoms with van der Waals surface area (Å²) in [6.07, 6.45) is 3.15. The number of aromatic nitrogens is 2. The number of benzene rings is 2. The van der Waals surface area contributed by atoms with Crippen molar-refractivity contribution in [3.8, 4) is 11.5 Å². The normalized spacial score (nSPS) is 15.2. The molecule has 0 radical (unpaired) electrons. The smallest absolute Gasteiger partial charge is 0.415 e. The number of carbonyl (C=O) groups excluding carboxylic acids is 1. The first kappa shape index (κ1) is 27.3. The van der Waals surface area contributed by atoms with Crippen molar-refractivity contribution in [3.05, 3.63) is 59.7 Å². The van der Waals surface area contributed by atoms with Gasteiger partial charge in [0.2, 0.25) is 5.89 Å². The van der Waals surface area contributed by atoms with Crippen molar-refractivity contribution in [1.29, 1.82) is 0 Å². The molecule has 202 valence electrons. The van der Waals surface area contributed by atoms with E-state index < -0.39 is 6.09 Å². The van der Waals surface area contributed by atoms with Crippen LogP contribution in [0.5, 0.6) is 0 Å². The first-order valence-corrected chi connectivity index (χ1v) is 13.2. The number of anilines is 2. The van der Waals surface area contributed by atoms with Gasteiger partial charge in [0.25, 0.3) is 5.91 Å². The van der Waals surface area contributed by atoms with E-state index in [0.717, 1.165) is 23.6 Å². The second kappa shape index (κ2) is 11.8. The van der Waals surface area contributed by atoms with Gasteiger partial charge in [0.05, 0.1) is 0 Å². The molecule has 1 fully saturated rings. The zero-order chi connectivity index (χ0) is 27.3. The number of nitrogens with one attached hydrogen (secondary N) is 1. The molecule has 1 aromatic heterocycles. The highest BCUT2D eigenvalue weighted by atomic mass is 16.4. The maximum atomic E-state index is 12.5. The van der Waals surface area contributed by atoms with Gasteiger partial charge in [-0.05, 0) is 81.1 Å². The first-order valence-electron chi connectivity index (χ1n) is 13.2. The zero-order valence-corrected chi connectivity index (χ0v) is 22.6. The van der Waals surface area contributed by atoms with Crippen molar-refractivity contribution in [2.24, 2.45) is 5.41 Å². The van der Waals surface area contributed by atoms with Gasteiger partial charge in [-0.25, -0.2) is 9.69 Å². The van der Waals surface area contributed by atoms with Crippen LogP contribution in [0.3, 0.4) is 0 Å². The van der Waals surface area contributed by atoms with E-state index in [0.29, 0.717) is 23.2 Å². The standard InChI is InChI=1S/C29H37N5O4/c1-20-8-10-21(11-9-20)25(35)30-23-14-12-22(13-15-23)26-31-32-27(38-26)34(28(36)37)19-16-24(29(2,3)4)33-17-6-5-7-18-33/h8-15,24H,5-7,16-19H2,1-4H3,(H,30,35)(H,36,37). The van der Waals surface area contributed by atoms with Crippen molar-refractivity contribution >= 4 is 23.7 Å². The molecule has 4 rings (SSSR count). The summed E-state index contributed by atoms with van der Waals surface area (Å²) in [4.78, 5) is 28.2. The third kappa shape index (κ3) is 6.77. The van der Waals surface area contributed by atoms with Crippen LogP contribution in [0.4, 0.5) is 16.5 Å². The third-order valence-corrected chi connectivity index (χ3v) is 7.04. The molecule has 1 atom stereocenters. The predicted molar refractivity (Wildman–Crippen MR) is 148 cm³/mol. The van der Waals surface area contributed by atoms with E-state index in [-0.39, 0.29) is 35.8 Å². The molecule has 9 heteroatoms. The fraction of sp³-hybridized carbons (Fsp3) is 0.448. The molecule has 0 bridgehead atoms. The summed E-state index contributed by atoms with van der Waals surface area (Å²) in [6.45, 7) is 10.9. The van der Waals surface area contributed by atoms with Gasteiger partial charge < -0.3 is 14.8 Å². The number of aryl methyl sites for hydroxylation is 1. The second-order valence-electron chi connectivity index (χ2n) is 11.0. The Morgan fingerprint density at radius 3 is 2.29 bits per heavy atom. The average Bonchev–Trinajstić information content (AvgIpc) is 3.37. The quantitative estimate of drug-likeness (QED) is 0.371. The molecule has 2 heterocycles. The Hall–Kier alpha value is -3.72. The first-order chi connectivity index (χ1) is 18.1. The Bertz CT molecular complexity index is 1230. The minimum absolute atomic E-state index is 0.0120. The topological polar surface area (TPSA) is 112 Å². The third-order valence-electron chi connectivity index (χ3n) is 7.04. The molecule has 1 unspecified atom stereocenters. The SMILES string of the molecule is Cc1ccc(C(=O)Nc2ccc(-c3nnc(N(CCC(N4CCCCC4)C(C)(C)C)C(=O)O)o3)cc2)cc1. The van der Waals surface area contributed by atoms with Gasteiger partial charge >= 0.3 is 12.1 Å². The number of hydrogen-bond acceptors (Lipinski definition) is 6. The van der Waals surface area contributed by atoms with E-state index in [1.54, 1.807) is 36.4 Å². The van der Waals surface area contributed by atoms with Gasteiger partial charge in [0.1, 0.15) is 0 Å². The molecular weight excluding hydrogens is 482 g/mol. The molecule has 1 aliphatic rings. The molecular formula is C29H37N5O4. The van der Waals surface area contributed by atoms with E-state index in [4.69, 9.17) is 4.42 Å². The van der Waals surface area contributed by atoms with Crippen molar-refractivity contribution in [2.75, 3.05) is 29.9 Å². The highest BCUT2D eigenvalue weighted by Crippen LogP contribution is 2.31. The molecule has 9 nitrogen and oxygen atoms in total. The number of nitrogens with zero attached hydrogens (tertiary/aromatic N) is 4. The van der Waals surface area contributed by atoms with Crippen LogP contribution in [-0.2, 0) is 0 Å². The van der Waals surface area contributed by atoms with Crippen molar-refractivity contribution in [3.63, 3.8) is 0 Å². The van der Waals surface area contributed by atoms with Gasteiger partial charge in [-0.1, -0.05) is 50.0 Å². The molecule has 0 saturated carbocycles. The van der Waals surface area contributed by atoms with Crippen LogP contribution in [-0.4, -0.2) is 57.9 Å². The van der Waals surface area contributed by atoms with Gasteiger partial charge in [-0.2, -0.15) is 0 Å². The summed E-state index contributed by atoms with van der Waals surface area (Å²) in [6, 6.07) is 14.5. The van der Waals surface area contributed by atoms with Crippen LogP contribution in [0.1, 0.15) is 62.4 Å². The highest BCUT2D eigenvalue weighted by molar-refractivity contribution is 6.04. The van der Waals surface area contributed by atoms with E-state index in [1.807, 2.05) is 19.1 Å². The van der Waals surface area contributed by atoms with Crippen LogP contribution in [0.25, 0.3) is 11.5 Å². The molecule has 38 heavy (non-hydrogen) atoms. The van der Waals surface area contributed by atoms with Crippen molar-refractivity contribution < 1.29 is 19.1 Å². The Labute approximate surface area is 223 Å². The van der Waals surface area contributed by atoms with Crippen LogP contribution in [0.15, 0.2) is 52.9 Å². The lowest BCUT2D eigenvalue weighted by atomic mass is 9.82. The lowest BCUT2D eigenvalue weighted by molar-refractivity contribution is 0.0746. The molecule has 1 aliphatic heterocycles. The number of piperidine rings is 1. The highest BCUT2D eigenvalue weighted by Gasteiger charge is 2.33. The molecule has 0 aliphatic carbocycles. The van der Waals surface area contributed by atoms with Crippen molar-refractivity contribution in [1.82, 2.24) is 15.1 Å². The monoisotopic (exact) mass is 519 g/mol. The van der Waals surface area contributed by atoms with E-state index in [2.05, 4.69) is 41.2 Å².